The van der Waals surface area contributed by atoms with E-state index in [0.717, 1.165) is 0 Å². The molecule has 0 aliphatic carbocycles. The van der Waals surface area contributed by atoms with Gasteiger partial charge in [0.15, 0.2) is 6.17 Å². The second-order valence-corrected chi connectivity index (χ2v) is 1.94. The Balaban J connectivity index is 3.69. The molecule has 0 bridgehead atoms. The number of alkyl halides is 1. The van der Waals surface area contributed by atoms with Gasteiger partial charge in [0.25, 0.3) is 0 Å². The van der Waals surface area contributed by atoms with E-state index in [9.17, 15) is 4.39 Å². The van der Waals surface area contributed by atoms with Crippen molar-refractivity contribution in [2.75, 3.05) is 13.2 Å². The van der Waals surface area contributed by atoms with Crippen molar-refractivity contribution in [3.8, 4) is 0 Å². The molecular weight excluding hydrogens is 143 g/mol. The summed E-state index contributed by atoms with van der Waals surface area (Å²) in [5.74, 6) is 0. The first-order valence-corrected chi connectivity index (χ1v) is 2.85. The molecule has 0 heterocycles. The number of hydrogen-bond acceptors (Lipinski definition) is 4. The van der Waals surface area contributed by atoms with Crippen molar-refractivity contribution in [2.24, 2.45) is 0 Å². The van der Waals surface area contributed by atoms with Crippen LogP contribution in [0.1, 0.15) is 0 Å². The SMILES string of the molecule is OCC(O)C(F)C(O)CO. The molecule has 0 radical (unpaired) electrons. The molecule has 0 aromatic heterocycles. The molecule has 0 aliphatic heterocycles. The Bertz CT molecular complexity index is 79.7. The van der Waals surface area contributed by atoms with Crippen molar-refractivity contribution in [3.05, 3.63) is 0 Å². The van der Waals surface area contributed by atoms with Gasteiger partial charge in [-0.2, -0.15) is 0 Å². The van der Waals surface area contributed by atoms with E-state index >= 15 is 0 Å². The molecule has 2 atom stereocenters. The zero-order chi connectivity index (χ0) is 8.15. The summed E-state index contributed by atoms with van der Waals surface area (Å²) in [6.07, 6.45) is -5.24. The zero-order valence-electron chi connectivity index (χ0n) is 5.31. The minimum atomic E-state index is -1.99. The van der Waals surface area contributed by atoms with Crippen LogP contribution < -0.4 is 0 Å². The molecule has 0 spiro atoms. The van der Waals surface area contributed by atoms with Gasteiger partial charge in [0.1, 0.15) is 12.2 Å². The van der Waals surface area contributed by atoms with Crippen molar-refractivity contribution in [2.45, 2.75) is 18.4 Å². The molecule has 5 heteroatoms. The van der Waals surface area contributed by atoms with E-state index in [0.29, 0.717) is 0 Å². The van der Waals surface area contributed by atoms with Gasteiger partial charge >= 0.3 is 0 Å². The number of aliphatic hydroxyl groups excluding tert-OH is 4. The highest BCUT2D eigenvalue weighted by Crippen LogP contribution is 2.03. The van der Waals surface area contributed by atoms with Crippen molar-refractivity contribution in [3.63, 3.8) is 0 Å². The monoisotopic (exact) mass is 154 g/mol. The molecule has 10 heavy (non-hydrogen) atoms. The molecule has 4 N–H and O–H groups in total. The van der Waals surface area contributed by atoms with Crippen LogP contribution in [0.4, 0.5) is 4.39 Å². The fourth-order valence-electron chi connectivity index (χ4n) is 0.458. The van der Waals surface area contributed by atoms with E-state index in [1.807, 2.05) is 0 Å². The molecule has 4 nitrogen and oxygen atoms in total. The summed E-state index contributed by atoms with van der Waals surface area (Å²) in [6, 6.07) is 0. The Kier molecular flexibility index (Phi) is 4.46. The number of rotatable bonds is 4. The van der Waals surface area contributed by atoms with Crippen molar-refractivity contribution < 1.29 is 24.8 Å². The molecule has 0 fully saturated rings. The molecule has 0 aromatic rings. The highest BCUT2D eigenvalue weighted by molar-refractivity contribution is 4.73. The van der Waals surface area contributed by atoms with Crippen LogP contribution in [0.25, 0.3) is 0 Å². The van der Waals surface area contributed by atoms with Crippen molar-refractivity contribution in [1.29, 1.82) is 0 Å². The Labute approximate surface area is 57.5 Å². The minimum Gasteiger partial charge on any atom is -0.394 e. The molecule has 62 valence electrons. The second kappa shape index (κ2) is 4.56. The fourth-order valence-corrected chi connectivity index (χ4v) is 0.458. The third-order valence-corrected chi connectivity index (χ3v) is 1.11. The van der Waals surface area contributed by atoms with Crippen LogP contribution in [-0.2, 0) is 0 Å². The number of halogens is 1. The van der Waals surface area contributed by atoms with Crippen LogP contribution in [0.3, 0.4) is 0 Å². The molecule has 0 saturated heterocycles. The summed E-state index contributed by atoms with van der Waals surface area (Å²) in [5.41, 5.74) is 0. The van der Waals surface area contributed by atoms with E-state index in [4.69, 9.17) is 20.4 Å². The first-order chi connectivity index (χ1) is 4.63. The third kappa shape index (κ3) is 2.57. The lowest BCUT2D eigenvalue weighted by Gasteiger charge is -2.16. The lowest BCUT2D eigenvalue weighted by atomic mass is 10.1. The molecule has 0 aliphatic rings. The van der Waals surface area contributed by atoms with E-state index in [2.05, 4.69) is 0 Å². The summed E-state index contributed by atoms with van der Waals surface area (Å²) in [4.78, 5) is 0. The quantitative estimate of drug-likeness (QED) is 0.378. The first kappa shape index (κ1) is 9.77. The molecule has 2 unspecified atom stereocenters. The Morgan fingerprint density at radius 3 is 1.50 bits per heavy atom. The molecule has 0 amide bonds. The van der Waals surface area contributed by atoms with Gasteiger partial charge in [-0.25, -0.2) is 4.39 Å². The van der Waals surface area contributed by atoms with E-state index in [1.54, 1.807) is 0 Å². The number of aliphatic hydroxyl groups is 4. The highest BCUT2D eigenvalue weighted by Gasteiger charge is 2.24. The summed E-state index contributed by atoms with van der Waals surface area (Å²) in [5, 5.41) is 33.4. The predicted molar refractivity (Wildman–Crippen MR) is 31.1 cm³/mol. The van der Waals surface area contributed by atoms with E-state index in [-0.39, 0.29) is 0 Å². The predicted octanol–water partition coefficient (Wildman–Crippen LogP) is -1.97. The second-order valence-electron chi connectivity index (χ2n) is 1.94. The van der Waals surface area contributed by atoms with Crippen LogP contribution in [-0.4, -0.2) is 52.0 Å². The van der Waals surface area contributed by atoms with Crippen LogP contribution >= 0.6 is 0 Å². The molecule has 0 aromatic carbocycles. The Morgan fingerprint density at radius 1 is 1.00 bits per heavy atom. The third-order valence-electron chi connectivity index (χ3n) is 1.11. The minimum absolute atomic E-state index is 0.766. The summed E-state index contributed by atoms with van der Waals surface area (Å²) in [6.45, 7) is -1.53. The van der Waals surface area contributed by atoms with Gasteiger partial charge in [0.2, 0.25) is 0 Å². The van der Waals surface area contributed by atoms with Gasteiger partial charge in [-0.05, 0) is 0 Å². The average Bonchev–Trinajstić information content (AvgIpc) is 2.00. The average molecular weight is 154 g/mol. The standard InChI is InChI=1S/C5H11FO4/c6-5(3(9)1-7)4(10)2-8/h3-5,7-10H,1-2H2. The summed E-state index contributed by atoms with van der Waals surface area (Å²) in [7, 11) is 0. The fraction of sp³-hybridized carbons (Fsp3) is 1.00. The van der Waals surface area contributed by atoms with Crippen LogP contribution in [0.2, 0.25) is 0 Å². The zero-order valence-corrected chi connectivity index (χ0v) is 5.31. The Hall–Kier alpha value is -0.230. The summed E-state index contributed by atoms with van der Waals surface area (Å²) < 4.78 is 12.4. The van der Waals surface area contributed by atoms with Gasteiger partial charge in [0, 0.05) is 0 Å². The topological polar surface area (TPSA) is 80.9 Å². The van der Waals surface area contributed by atoms with Crippen LogP contribution in [0, 0.1) is 0 Å². The first-order valence-electron chi connectivity index (χ1n) is 2.85. The largest absolute Gasteiger partial charge is 0.394 e. The van der Waals surface area contributed by atoms with E-state index < -0.39 is 31.6 Å². The van der Waals surface area contributed by atoms with Crippen LogP contribution in [0.5, 0.6) is 0 Å². The molecule has 0 saturated carbocycles. The Morgan fingerprint density at radius 2 is 1.30 bits per heavy atom. The normalized spacial score (nSPS) is 20.1. The smallest absolute Gasteiger partial charge is 0.156 e. The maximum absolute atomic E-state index is 12.4. The lowest BCUT2D eigenvalue weighted by molar-refractivity contribution is -0.0515. The summed E-state index contributed by atoms with van der Waals surface area (Å²) >= 11 is 0. The van der Waals surface area contributed by atoms with Gasteiger partial charge in [-0.1, -0.05) is 0 Å². The molecular formula is C5H11FO4. The lowest BCUT2D eigenvalue weighted by Crippen LogP contribution is -2.38. The van der Waals surface area contributed by atoms with Gasteiger partial charge < -0.3 is 20.4 Å². The van der Waals surface area contributed by atoms with Crippen molar-refractivity contribution >= 4 is 0 Å². The highest BCUT2D eigenvalue weighted by atomic mass is 19.1. The molecule has 0 rings (SSSR count). The maximum Gasteiger partial charge on any atom is 0.156 e. The van der Waals surface area contributed by atoms with Gasteiger partial charge in [0.05, 0.1) is 13.2 Å². The van der Waals surface area contributed by atoms with Crippen LogP contribution in [0.15, 0.2) is 0 Å². The van der Waals surface area contributed by atoms with E-state index in [1.165, 1.54) is 0 Å². The maximum atomic E-state index is 12.4. The van der Waals surface area contributed by atoms with Gasteiger partial charge in [-0.3, -0.25) is 0 Å². The van der Waals surface area contributed by atoms with Gasteiger partial charge in [-0.15, -0.1) is 0 Å². The number of hydrogen-bond donors (Lipinski definition) is 4. The van der Waals surface area contributed by atoms with Crippen molar-refractivity contribution in [1.82, 2.24) is 0 Å².